The van der Waals surface area contributed by atoms with Crippen molar-refractivity contribution in [3.05, 3.63) is 46.6 Å². The summed E-state index contributed by atoms with van der Waals surface area (Å²) in [5, 5.41) is 0. The van der Waals surface area contributed by atoms with Crippen LogP contribution in [0.4, 0.5) is 0 Å². The Bertz CT molecular complexity index is 454. The SMILES string of the molecule is CC.CC1C=CC2=C(C1)C(C(C)C)C1=C2C=CCC1. The van der Waals surface area contributed by atoms with E-state index < -0.39 is 0 Å². The molecule has 3 rings (SSSR count). The summed E-state index contributed by atoms with van der Waals surface area (Å²) < 4.78 is 0. The lowest BCUT2D eigenvalue weighted by Crippen LogP contribution is -2.15. The molecule has 0 saturated carbocycles. The minimum atomic E-state index is 0.723. The molecule has 2 unspecified atom stereocenters. The molecule has 0 aromatic carbocycles. The van der Waals surface area contributed by atoms with Crippen LogP contribution >= 0.6 is 0 Å². The van der Waals surface area contributed by atoms with Crippen LogP contribution in [0.15, 0.2) is 46.6 Å². The van der Waals surface area contributed by atoms with Crippen LogP contribution in [-0.4, -0.2) is 0 Å². The molecule has 0 spiro atoms. The van der Waals surface area contributed by atoms with E-state index >= 15 is 0 Å². The largest absolute Gasteiger partial charge is 0.0836 e. The van der Waals surface area contributed by atoms with E-state index in [1.807, 2.05) is 13.8 Å². The molecule has 0 heterocycles. The summed E-state index contributed by atoms with van der Waals surface area (Å²) in [5.41, 5.74) is 6.58. The van der Waals surface area contributed by atoms with Crippen molar-refractivity contribution < 1.29 is 0 Å². The highest BCUT2D eigenvalue weighted by molar-refractivity contribution is 5.61. The number of hydrogen-bond donors (Lipinski definition) is 0. The van der Waals surface area contributed by atoms with Gasteiger partial charge in [-0.15, -0.1) is 0 Å². The maximum absolute atomic E-state index is 2.39. The zero-order valence-electron chi connectivity index (χ0n) is 13.2. The molecule has 0 radical (unpaired) electrons. The summed E-state index contributed by atoms with van der Waals surface area (Å²) >= 11 is 0. The third-order valence-corrected chi connectivity index (χ3v) is 4.40. The minimum absolute atomic E-state index is 0.723. The van der Waals surface area contributed by atoms with Gasteiger partial charge < -0.3 is 0 Å². The van der Waals surface area contributed by atoms with Crippen LogP contribution in [0.5, 0.6) is 0 Å². The zero-order valence-corrected chi connectivity index (χ0v) is 13.2. The van der Waals surface area contributed by atoms with Crippen LogP contribution in [0.25, 0.3) is 0 Å². The van der Waals surface area contributed by atoms with Crippen molar-refractivity contribution in [3.63, 3.8) is 0 Å². The first kappa shape index (κ1) is 14.4. The molecule has 0 heteroatoms. The Morgan fingerprint density at radius 1 is 1.05 bits per heavy atom. The summed E-state index contributed by atoms with van der Waals surface area (Å²) in [7, 11) is 0. The minimum Gasteiger partial charge on any atom is -0.0836 e. The van der Waals surface area contributed by atoms with E-state index in [0.717, 1.165) is 17.8 Å². The molecule has 3 aliphatic carbocycles. The van der Waals surface area contributed by atoms with E-state index in [4.69, 9.17) is 0 Å². The second-order valence-electron chi connectivity index (χ2n) is 6.08. The molecule has 0 aliphatic heterocycles. The second-order valence-corrected chi connectivity index (χ2v) is 6.08. The van der Waals surface area contributed by atoms with E-state index in [9.17, 15) is 0 Å². The Morgan fingerprint density at radius 2 is 1.74 bits per heavy atom. The van der Waals surface area contributed by atoms with Gasteiger partial charge in [-0.1, -0.05) is 70.1 Å². The van der Waals surface area contributed by atoms with Crippen LogP contribution in [0, 0.1) is 17.8 Å². The molecule has 2 atom stereocenters. The summed E-state index contributed by atoms with van der Waals surface area (Å²) in [6.45, 7) is 11.1. The van der Waals surface area contributed by atoms with Gasteiger partial charge in [0.25, 0.3) is 0 Å². The van der Waals surface area contributed by atoms with Crippen LogP contribution in [0.2, 0.25) is 0 Å². The Hall–Kier alpha value is -1.04. The second kappa shape index (κ2) is 5.94. The maximum Gasteiger partial charge on any atom is 0.00487 e. The molecule has 0 bridgehead atoms. The fourth-order valence-corrected chi connectivity index (χ4v) is 3.73. The Morgan fingerprint density at radius 3 is 2.42 bits per heavy atom. The van der Waals surface area contributed by atoms with E-state index in [1.165, 1.54) is 19.3 Å². The summed E-state index contributed by atoms with van der Waals surface area (Å²) in [6.07, 6.45) is 13.3. The smallest absolute Gasteiger partial charge is 0.00487 e. The van der Waals surface area contributed by atoms with E-state index in [-0.39, 0.29) is 0 Å². The van der Waals surface area contributed by atoms with Gasteiger partial charge in [-0.2, -0.15) is 0 Å². The molecule has 0 N–H and O–H groups in total. The lowest BCUT2D eigenvalue weighted by Gasteiger charge is -2.26. The summed E-state index contributed by atoms with van der Waals surface area (Å²) in [4.78, 5) is 0. The summed E-state index contributed by atoms with van der Waals surface area (Å²) in [5.74, 6) is 2.20. The molecule has 19 heavy (non-hydrogen) atoms. The monoisotopic (exact) mass is 256 g/mol. The third kappa shape index (κ3) is 2.50. The lowest BCUT2D eigenvalue weighted by molar-refractivity contribution is 0.468. The number of fused-ring (bicyclic) bond motifs is 1. The standard InChI is InChI=1S/C17H22.C2H6/c1-11(2)17-15-7-5-4-6-13(15)14-9-8-12(3)10-16(14)17;1-2/h4,6,8-9,11-12,17H,5,7,10H2,1-3H3;1-2H3. The first-order chi connectivity index (χ1) is 9.18. The predicted octanol–water partition coefficient (Wildman–Crippen LogP) is 5.84. The third-order valence-electron chi connectivity index (χ3n) is 4.40. The van der Waals surface area contributed by atoms with E-state index in [2.05, 4.69) is 45.1 Å². The van der Waals surface area contributed by atoms with Crippen molar-refractivity contribution in [1.29, 1.82) is 0 Å². The van der Waals surface area contributed by atoms with Crippen LogP contribution < -0.4 is 0 Å². The van der Waals surface area contributed by atoms with Crippen molar-refractivity contribution in [2.45, 2.75) is 53.9 Å². The molecule has 0 aromatic heterocycles. The number of allylic oxidation sites excluding steroid dienone is 8. The topological polar surface area (TPSA) is 0 Å². The van der Waals surface area contributed by atoms with E-state index in [0.29, 0.717) is 0 Å². The van der Waals surface area contributed by atoms with Gasteiger partial charge >= 0.3 is 0 Å². The van der Waals surface area contributed by atoms with Gasteiger partial charge in [0.2, 0.25) is 0 Å². The van der Waals surface area contributed by atoms with Crippen LogP contribution in [0.3, 0.4) is 0 Å². The van der Waals surface area contributed by atoms with Crippen LogP contribution in [0.1, 0.15) is 53.9 Å². The van der Waals surface area contributed by atoms with Gasteiger partial charge in [0.15, 0.2) is 0 Å². The zero-order chi connectivity index (χ0) is 14.0. The number of hydrogen-bond acceptors (Lipinski definition) is 0. The van der Waals surface area contributed by atoms with Crippen molar-refractivity contribution in [1.82, 2.24) is 0 Å². The molecular weight excluding hydrogens is 228 g/mol. The predicted molar refractivity (Wildman–Crippen MR) is 85.0 cm³/mol. The lowest BCUT2D eigenvalue weighted by atomic mass is 9.78. The highest BCUT2D eigenvalue weighted by atomic mass is 14.4. The fraction of sp³-hybridized carbons (Fsp3) is 0.579. The molecule has 0 amide bonds. The maximum atomic E-state index is 2.39. The first-order valence-corrected chi connectivity index (χ1v) is 7.99. The van der Waals surface area contributed by atoms with Crippen LogP contribution in [-0.2, 0) is 0 Å². The number of rotatable bonds is 1. The van der Waals surface area contributed by atoms with Gasteiger partial charge in [-0.05, 0) is 42.2 Å². The molecule has 0 saturated heterocycles. The molecule has 0 aromatic rings. The average molecular weight is 256 g/mol. The summed E-state index contributed by atoms with van der Waals surface area (Å²) in [6, 6.07) is 0. The fourth-order valence-electron chi connectivity index (χ4n) is 3.73. The quantitative estimate of drug-likeness (QED) is 0.553. The van der Waals surface area contributed by atoms with Gasteiger partial charge in [0.05, 0.1) is 0 Å². The average Bonchev–Trinajstić information content (AvgIpc) is 2.74. The van der Waals surface area contributed by atoms with Crippen molar-refractivity contribution >= 4 is 0 Å². The molecule has 0 fully saturated rings. The van der Waals surface area contributed by atoms with Crippen molar-refractivity contribution in [3.8, 4) is 0 Å². The Balaban J connectivity index is 0.000000637. The van der Waals surface area contributed by atoms with Gasteiger partial charge in [0.1, 0.15) is 0 Å². The molecule has 0 nitrogen and oxygen atoms in total. The van der Waals surface area contributed by atoms with Gasteiger partial charge in [-0.3, -0.25) is 0 Å². The molecular formula is C19H28. The van der Waals surface area contributed by atoms with E-state index in [1.54, 1.807) is 22.3 Å². The Kier molecular flexibility index (Phi) is 4.50. The molecule has 104 valence electrons. The van der Waals surface area contributed by atoms with Gasteiger partial charge in [-0.25, -0.2) is 0 Å². The highest BCUT2D eigenvalue weighted by Gasteiger charge is 2.35. The van der Waals surface area contributed by atoms with Gasteiger partial charge in [0, 0.05) is 5.92 Å². The normalized spacial score (nSPS) is 28.3. The highest BCUT2D eigenvalue weighted by Crippen LogP contribution is 2.49. The first-order valence-electron chi connectivity index (χ1n) is 7.99. The Labute approximate surface area is 119 Å². The molecule has 3 aliphatic rings. The van der Waals surface area contributed by atoms with Crippen molar-refractivity contribution in [2.24, 2.45) is 17.8 Å². The van der Waals surface area contributed by atoms with Crippen molar-refractivity contribution in [2.75, 3.05) is 0 Å².